The third kappa shape index (κ3) is 5.75. The first-order valence-corrected chi connectivity index (χ1v) is 10.8. The molecule has 2 heterocycles. The molecule has 1 fully saturated rings. The number of hydrogen-bond acceptors (Lipinski definition) is 7. The lowest BCUT2D eigenvalue weighted by atomic mass is 9.87. The average molecular weight is 433 g/mol. The number of hydrogen-bond donors (Lipinski definition) is 0. The summed E-state index contributed by atoms with van der Waals surface area (Å²) in [4.78, 5) is 8.32. The maximum absolute atomic E-state index is 5.92. The molecule has 7 nitrogen and oxygen atoms in total. The van der Waals surface area contributed by atoms with Crippen LogP contribution in [-0.4, -0.2) is 23.2 Å². The molecule has 2 aromatic carbocycles. The molecule has 0 amide bonds. The monoisotopic (exact) mass is 432 g/mol. The second kappa shape index (κ2) is 9.97. The van der Waals surface area contributed by atoms with Gasteiger partial charge in [-0.05, 0) is 47.2 Å². The Morgan fingerprint density at radius 2 is 1.56 bits per heavy atom. The van der Waals surface area contributed by atoms with Crippen LogP contribution in [0.5, 0.6) is 5.88 Å². The summed E-state index contributed by atoms with van der Waals surface area (Å²) in [5.74, 6) is 0.467. The van der Waals surface area contributed by atoms with Gasteiger partial charge in [0.15, 0.2) is 6.29 Å². The molecule has 32 heavy (non-hydrogen) atoms. The molecule has 0 aliphatic carbocycles. The van der Waals surface area contributed by atoms with Crippen molar-refractivity contribution in [1.82, 2.24) is 9.97 Å². The quantitative estimate of drug-likeness (QED) is 0.433. The molecule has 1 aromatic heterocycles. The van der Waals surface area contributed by atoms with E-state index in [2.05, 4.69) is 53.1 Å². The van der Waals surface area contributed by atoms with E-state index >= 15 is 0 Å². The molecule has 3 aromatic rings. The first kappa shape index (κ1) is 22.0. The molecule has 1 saturated heterocycles. The number of ether oxygens (including phenoxy) is 3. The van der Waals surface area contributed by atoms with Gasteiger partial charge >= 0.3 is 0 Å². The topological polar surface area (TPSA) is 78.2 Å². The van der Waals surface area contributed by atoms with E-state index in [1.54, 1.807) is 6.20 Å². The summed E-state index contributed by atoms with van der Waals surface area (Å²) in [7, 11) is 0. The lowest BCUT2D eigenvalue weighted by Gasteiger charge is -2.24. The first-order chi connectivity index (χ1) is 15.5. The Balaban J connectivity index is 1.36. The molecular weight excluding hydrogens is 404 g/mol. The zero-order chi connectivity index (χ0) is 22.4. The summed E-state index contributed by atoms with van der Waals surface area (Å²) in [5, 5.41) is 8.67. The van der Waals surface area contributed by atoms with Gasteiger partial charge in [-0.1, -0.05) is 45.0 Å². The Labute approximate surface area is 188 Å². The van der Waals surface area contributed by atoms with Gasteiger partial charge in [0.1, 0.15) is 12.9 Å². The van der Waals surface area contributed by atoms with Crippen LogP contribution in [0.3, 0.4) is 0 Å². The van der Waals surface area contributed by atoms with Crippen LogP contribution in [0.1, 0.15) is 50.2 Å². The molecule has 1 aliphatic rings. The van der Waals surface area contributed by atoms with Gasteiger partial charge in [0.05, 0.1) is 30.2 Å². The normalized spacial score (nSPS) is 15.2. The standard InChI is InChI=1S/C25H28N4O3/c1-25(2,3)19-7-11-21(12-8-19)29-28-20-9-5-18(6-10-20)16-32-23-22(15-26-17-27-23)24-30-13-4-14-31-24/h5-12,15,17,24H,4,13-14,16H2,1-3H3. The van der Waals surface area contributed by atoms with E-state index in [1.807, 2.05) is 36.4 Å². The minimum absolute atomic E-state index is 0.122. The van der Waals surface area contributed by atoms with E-state index in [1.165, 1.54) is 11.9 Å². The Kier molecular flexibility index (Phi) is 6.87. The molecule has 166 valence electrons. The van der Waals surface area contributed by atoms with Crippen molar-refractivity contribution in [3.63, 3.8) is 0 Å². The highest BCUT2D eigenvalue weighted by atomic mass is 16.7. The van der Waals surface area contributed by atoms with E-state index in [0.29, 0.717) is 31.3 Å². The predicted octanol–water partition coefficient (Wildman–Crippen LogP) is 6.20. The van der Waals surface area contributed by atoms with Crippen LogP contribution >= 0.6 is 0 Å². The van der Waals surface area contributed by atoms with Crippen LogP contribution in [0.4, 0.5) is 11.4 Å². The molecular formula is C25H28N4O3. The summed E-state index contributed by atoms with van der Waals surface area (Å²) in [6, 6.07) is 15.9. The number of nitrogens with zero attached hydrogens (tertiary/aromatic N) is 4. The van der Waals surface area contributed by atoms with Crippen molar-refractivity contribution in [3.05, 3.63) is 77.7 Å². The summed E-state index contributed by atoms with van der Waals surface area (Å²) < 4.78 is 17.2. The van der Waals surface area contributed by atoms with Crippen LogP contribution in [0.2, 0.25) is 0 Å². The lowest BCUT2D eigenvalue weighted by Crippen LogP contribution is -2.19. The van der Waals surface area contributed by atoms with Crippen LogP contribution in [0.25, 0.3) is 0 Å². The van der Waals surface area contributed by atoms with E-state index in [-0.39, 0.29) is 5.41 Å². The molecule has 0 radical (unpaired) electrons. The van der Waals surface area contributed by atoms with E-state index in [9.17, 15) is 0 Å². The Morgan fingerprint density at radius 3 is 2.19 bits per heavy atom. The lowest BCUT2D eigenvalue weighted by molar-refractivity contribution is -0.184. The molecule has 7 heteroatoms. The van der Waals surface area contributed by atoms with E-state index < -0.39 is 6.29 Å². The molecule has 0 saturated carbocycles. The smallest absolute Gasteiger partial charge is 0.225 e. The van der Waals surface area contributed by atoms with Crippen molar-refractivity contribution < 1.29 is 14.2 Å². The van der Waals surface area contributed by atoms with E-state index in [4.69, 9.17) is 14.2 Å². The molecule has 0 N–H and O–H groups in total. The number of benzene rings is 2. The highest BCUT2D eigenvalue weighted by Crippen LogP contribution is 2.29. The average Bonchev–Trinajstić information content (AvgIpc) is 2.82. The van der Waals surface area contributed by atoms with Crippen molar-refractivity contribution in [2.45, 2.75) is 45.5 Å². The van der Waals surface area contributed by atoms with Gasteiger partial charge < -0.3 is 14.2 Å². The maximum atomic E-state index is 5.92. The second-order valence-corrected chi connectivity index (χ2v) is 8.66. The van der Waals surface area contributed by atoms with Crippen molar-refractivity contribution in [2.75, 3.05) is 13.2 Å². The first-order valence-electron chi connectivity index (χ1n) is 10.8. The fraction of sp³-hybridized carbons (Fsp3) is 0.360. The maximum Gasteiger partial charge on any atom is 0.225 e. The summed E-state index contributed by atoms with van der Waals surface area (Å²) in [6.07, 6.45) is 3.53. The predicted molar refractivity (Wildman–Crippen MR) is 121 cm³/mol. The van der Waals surface area contributed by atoms with Gasteiger partial charge in [-0.2, -0.15) is 10.2 Å². The largest absolute Gasteiger partial charge is 0.472 e. The van der Waals surface area contributed by atoms with E-state index in [0.717, 1.165) is 23.4 Å². The molecule has 1 aliphatic heterocycles. The van der Waals surface area contributed by atoms with Crippen LogP contribution in [0.15, 0.2) is 71.3 Å². The van der Waals surface area contributed by atoms with Crippen molar-refractivity contribution in [3.8, 4) is 5.88 Å². The fourth-order valence-electron chi connectivity index (χ4n) is 3.23. The van der Waals surface area contributed by atoms with Crippen LogP contribution in [-0.2, 0) is 21.5 Å². The molecule has 0 spiro atoms. The number of rotatable bonds is 6. The van der Waals surface area contributed by atoms with Gasteiger partial charge in [0.25, 0.3) is 0 Å². The Morgan fingerprint density at radius 1 is 0.938 bits per heavy atom. The fourth-order valence-corrected chi connectivity index (χ4v) is 3.23. The molecule has 4 rings (SSSR count). The second-order valence-electron chi connectivity index (χ2n) is 8.66. The van der Waals surface area contributed by atoms with Crippen LogP contribution in [0, 0.1) is 0 Å². The van der Waals surface area contributed by atoms with Crippen molar-refractivity contribution in [1.29, 1.82) is 0 Å². The van der Waals surface area contributed by atoms with Gasteiger partial charge in [-0.15, -0.1) is 0 Å². The van der Waals surface area contributed by atoms with Crippen LogP contribution < -0.4 is 4.74 Å². The third-order valence-electron chi connectivity index (χ3n) is 5.11. The van der Waals surface area contributed by atoms with Crippen molar-refractivity contribution >= 4 is 11.4 Å². The number of azo groups is 1. The minimum atomic E-state index is -0.486. The SMILES string of the molecule is CC(C)(C)c1ccc(N=Nc2ccc(COc3ncncc3C3OCCCO3)cc2)cc1. The minimum Gasteiger partial charge on any atom is -0.472 e. The third-order valence-corrected chi connectivity index (χ3v) is 5.11. The highest BCUT2D eigenvalue weighted by Gasteiger charge is 2.22. The Bertz CT molecular complexity index is 1040. The van der Waals surface area contributed by atoms with Gasteiger partial charge in [0.2, 0.25) is 5.88 Å². The van der Waals surface area contributed by atoms with Gasteiger partial charge in [-0.3, -0.25) is 0 Å². The molecule has 0 atom stereocenters. The summed E-state index contributed by atoms with van der Waals surface area (Å²) >= 11 is 0. The van der Waals surface area contributed by atoms with Gasteiger partial charge in [0, 0.05) is 6.20 Å². The zero-order valence-corrected chi connectivity index (χ0v) is 18.7. The summed E-state index contributed by atoms with van der Waals surface area (Å²) in [6.45, 7) is 8.24. The molecule has 0 unspecified atom stereocenters. The Hall–Kier alpha value is -3.16. The summed E-state index contributed by atoms with van der Waals surface area (Å²) in [5.41, 5.74) is 4.70. The molecule has 0 bridgehead atoms. The number of aromatic nitrogens is 2. The highest BCUT2D eigenvalue weighted by molar-refractivity contribution is 5.43. The van der Waals surface area contributed by atoms with Gasteiger partial charge in [-0.25, -0.2) is 9.97 Å². The van der Waals surface area contributed by atoms with Crippen molar-refractivity contribution in [2.24, 2.45) is 10.2 Å². The zero-order valence-electron chi connectivity index (χ0n) is 18.7.